The van der Waals surface area contributed by atoms with Crippen molar-refractivity contribution in [3.8, 4) is 11.5 Å². The van der Waals surface area contributed by atoms with Crippen molar-refractivity contribution in [2.45, 2.75) is 4.90 Å². The van der Waals surface area contributed by atoms with Crippen LogP contribution in [0.4, 0.5) is 0 Å². The van der Waals surface area contributed by atoms with E-state index in [1.165, 1.54) is 20.3 Å². The Bertz CT molecular complexity index is 546. The number of carboxylic acids is 1. The third kappa shape index (κ3) is 2.68. The minimum atomic E-state index is -3.57. The molecular formula is C10H12O6S. The summed E-state index contributed by atoms with van der Waals surface area (Å²) in [6.07, 6.45) is 0.975. The smallest absolute Gasteiger partial charge is 0.339 e. The topological polar surface area (TPSA) is 89.9 Å². The van der Waals surface area contributed by atoms with Crippen LogP contribution in [-0.2, 0) is 9.84 Å². The van der Waals surface area contributed by atoms with Crippen molar-refractivity contribution < 1.29 is 27.8 Å². The Balaban J connectivity index is 3.62. The number of hydrogen-bond acceptors (Lipinski definition) is 5. The number of benzene rings is 1. The number of carboxylic acid groups (broad SMARTS) is 1. The zero-order chi connectivity index (χ0) is 13.2. The van der Waals surface area contributed by atoms with Crippen LogP contribution in [0.1, 0.15) is 10.4 Å². The predicted octanol–water partition coefficient (Wildman–Crippen LogP) is 0.806. The van der Waals surface area contributed by atoms with Crippen LogP contribution in [-0.4, -0.2) is 40.0 Å². The molecule has 0 aliphatic heterocycles. The zero-order valence-corrected chi connectivity index (χ0v) is 10.4. The quantitative estimate of drug-likeness (QED) is 0.861. The molecule has 94 valence electrons. The van der Waals surface area contributed by atoms with Crippen molar-refractivity contribution in [1.82, 2.24) is 0 Å². The summed E-state index contributed by atoms with van der Waals surface area (Å²) in [6, 6.07) is 2.26. The minimum absolute atomic E-state index is 0.0433. The van der Waals surface area contributed by atoms with E-state index in [-0.39, 0.29) is 22.0 Å². The molecule has 0 saturated heterocycles. The van der Waals surface area contributed by atoms with E-state index in [0.717, 1.165) is 12.3 Å². The van der Waals surface area contributed by atoms with Crippen LogP contribution in [0.2, 0.25) is 0 Å². The molecule has 0 aliphatic carbocycles. The van der Waals surface area contributed by atoms with E-state index in [0.29, 0.717) is 0 Å². The summed E-state index contributed by atoms with van der Waals surface area (Å²) in [4.78, 5) is 10.8. The van der Waals surface area contributed by atoms with E-state index in [1.807, 2.05) is 0 Å². The number of ether oxygens (including phenoxy) is 2. The van der Waals surface area contributed by atoms with Crippen molar-refractivity contribution in [2.75, 3.05) is 20.5 Å². The van der Waals surface area contributed by atoms with Gasteiger partial charge in [-0.15, -0.1) is 0 Å². The van der Waals surface area contributed by atoms with Gasteiger partial charge in [-0.25, -0.2) is 13.2 Å². The Morgan fingerprint density at radius 2 is 1.71 bits per heavy atom. The van der Waals surface area contributed by atoms with E-state index in [1.54, 1.807) is 0 Å². The van der Waals surface area contributed by atoms with Gasteiger partial charge >= 0.3 is 5.97 Å². The maximum absolute atomic E-state index is 11.5. The molecule has 0 saturated carbocycles. The van der Waals surface area contributed by atoms with Gasteiger partial charge in [0, 0.05) is 12.3 Å². The summed E-state index contributed by atoms with van der Waals surface area (Å²) < 4.78 is 32.7. The first kappa shape index (κ1) is 13.3. The Kier molecular flexibility index (Phi) is 3.62. The fourth-order valence-electron chi connectivity index (χ4n) is 1.33. The average molecular weight is 260 g/mol. The lowest BCUT2D eigenvalue weighted by atomic mass is 10.2. The van der Waals surface area contributed by atoms with Gasteiger partial charge in [-0.05, 0) is 6.07 Å². The van der Waals surface area contributed by atoms with E-state index in [4.69, 9.17) is 14.6 Å². The third-order valence-electron chi connectivity index (χ3n) is 2.12. The van der Waals surface area contributed by atoms with Crippen LogP contribution >= 0.6 is 0 Å². The van der Waals surface area contributed by atoms with E-state index in [9.17, 15) is 13.2 Å². The molecule has 1 N–H and O–H groups in total. The third-order valence-corrected chi connectivity index (χ3v) is 3.23. The molecule has 0 radical (unpaired) electrons. The standard InChI is InChI=1S/C10H12O6S/c1-15-7-5-8(16-2)9(17(3,13)14)4-6(7)10(11)12/h4-5H,1-3H3,(H,11,12). The number of carbonyl (C=O) groups is 1. The largest absolute Gasteiger partial charge is 0.496 e. The van der Waals surface area contributed by atoms with Gasteiger partial charge < -0.3 is 14.6 Å². The molecule has 1 rings (SSSR count). The van der Waals surface area contributed by atoms with Gasteiger partial charge in [0.25, 0.3) is 0 Å². The predicted molar refractivity (Wildman–Crippen MR) is 59.6 cm³/mol. The van der Waals surface area contributed by atoms with Crippen molar-refractivity contribution >= 4 is 15.8 Å². The highest BCUT2D eigenvalue weighted by atomic mass is 32.2. The second kappa shape index (κ2) is 4.62. The lowest BCUT2D eigenvalue weighted by Crippen LogP contribution is -2.06. The number of aromatic carboxylic acids is 1. The van der Waals surface area contributed by atoms with Gasteiger partial charge in [-0.2, -0.15) is 0 Å². The summed E-state index contributed by atoms with van der Waals surface area (Å²) >= 11 is 0. The molecule has 0 unspecified atom stereocenters. The molecule has 17 heavy (non-hydrogen) atoms. The summed E-state index contributed by atoms with van der Waals surface area (Å²) in [5.41, 5.74) is -0.228. The normalized spacial score (nSPS) is 11.0. The maximum Gasteiger partial charge on any atom is 0.339 e. The summed E-state index contributed by atoms with van der Waals surface area (Å²) in [6.45, 7) is 0. The van der Waals surface area contributed by atoms with Crippen LogP contribution in [0.15, 0.2) is 17.0 Å². The lowest BCUT2D eigenvalue weighted by molar-refractivity contribution is 0.0693. The fraction of sp³-hybridized carbons (Fsp3) is 0.300. The lowest BCUT2D eigenvalue weighted by Gasteiger charge is -2.11. The second-order valence-electron chi connectivity index (χ2n) is 3.28. The first-order valence-corrected chi connectivity index (χ1v) is 6.39. The molecule has 0 fully saturated rings. The van der Waals surface area contributed by atoms with E-state index >= 15 is 0 Å². The van der Waals surface area contributed by atoms with Crippen LogP contribution in [0.25, 0.3) is 0 Å². The highest BCUT2D eigenvalue weighted by molar-refractivity contribution is 7.90. The SMILES string of the molecule is COc1cc(OC)c(S(C)(=O)=O)cc1C(=O)O. The first-order chi connectivity index (χ1) is 7.81. The molecular weight excluding hydrogens is 248 g/mol. The number of hydrogen-bond donors (Lipinski definition) is 1. The molecule has 0 atom stereocenters. The Morgan fingerprint density at radius 1 is 1.18 bits per heavy atom. The van der Waals surface area contributed by atoms with Crippen LogP contribution in [0.3, 0.4) is 0 Å². The fourth-order valence-corrected chi connectivity index (χ4v) is 2.17. The average Bonchev–Trinajstić information content (AvgIpc) is 2.25. The van der Waals surface area contributed by atoms with E-state index < -0.39 is 15.8 Å². The molecule has 0 aromatic heterocycles. The second-order valence-corrected chi connectivity index (χ2v) is 5.26. The summed E-state index contributed by atoms with van der Waals surface area (Å²) in [5, 5.41) is 8.93. The maximum atomic E-state index is 11.5. The minimum Gasteiger partial charge on any atom is -0.496 e. The van der Waals surface area contributed by atoms with E-state index in [2.05, 4.69) is 0 Å². The highest BCUT2D eigenvalue weighted by Crippen LogP contribution is 2.32. The van der Waals surface area contributed by atoms with Crippen molar-refractivity contribution in [3.05, 3.63) is 17.7 Å². The van der Waals surface area contributed by atoms with Gasteiger partial charge in [-0.1, -0.05) is 0 Å². The zero-order valence-electron chi connectivity index (χ0n) is 9.55. The molecule has 7 heteroatoms. The van der Waals surface area contributed by atoms with Gasteiger partial charge in [0.15, 0.2) is 9.84 Å². The van der Waals surface area contributed by atoms with Gasteiger partial charge in [0.1, 0.15) is 22.0 Å². The number of sulfone groups is 1. The molecule has 0 amide bonds. The van der Waals surface area contributed by atoms with Gasteiger partial charge in [-0.3, -0.25) is 0 Å². The van der Waals surface area contributed by atoms with Crippen LogP contribution in [0, 0.1) is 0 Å². The summed E-state index contributed by atoms with van der Waals surface area (Å²) in [7, 11) is -0.982. The molecule has 0 aliphatic rings. The Labute approximate surface area is 98.7 Å². The molecule has 1 aromatic rings. The van der Waals surface area contributed by atoms with Crippen LogP contribution < -0.4 is 9.47 Å². The first-order valence-electron chi connectivity index (χ1n) is 4.50. The van der Waals surface area contributed by atoms with Gasteiger partial charge in [0.05, 0.1) is 14.2 Å². The van der Waals surface area contributed by atoms with Gasteiger partial charge in [0.2, 0.25) is 0 Å². The molecule has 6 nitrogen and oxygen atoms in total. The van der Waals surface area contributed by atoms with Crippen LogP contribution in [0.5, 0.6) is 11.5 Å². The molecule has 0 spiro atoms. The molecule has 0 bridgehead atoms. The van der Waals surface area contributed by atoms with Crippen molar-refractivity contribution in [1.29, 1.82) is 0 Å². The molecule has 0 heterocycles. The Hall–Kier alpha value is -1.76. The Morgan fingerprint density at radius 3 is 2.06 bits per heavy atom. The number of methoxy groups -OCH3 is 2. The number of rotatable bonds is 4. The summed E-state index contributed by atoms with van der Waals surface area (Å²) in [5.74, 6) is -1.18. The van der Waals surface area contributed by atoms with Crippen molar-refractivity contribution in [3.63, 3.8) is 0 Å². The monoisotopic (exact) mass is 260 g/mol. The van der Waals surface area contributed by atoms with Crippen molar-refractivity contribution in [2.24, 2.45) is 0 Å². The highest BCUT2D eigenvalue weighted by Gasteiger charge is 2.21. The molecule has 1 aromatic carbocycles.